The molecule has 4 rings (SSSR count). The molecular weight excluding hydrogens is 462 g/mol. The van der Waals surface area contributed by atoms with Gasteiger partial charge in [-0.25, -0.2) is 14.5 Å². The van der Waals surface area contributed by atoms with E-state index in [-0.39, 0.29) is 13.0 Å². The normalized spacial score (nSPS) is 15.1. The van der Waals surface area contributed by atoms with Crippen LogP contribution in [0.4, 0.5) is 16.2 Å². The summed E-state index contributed by atoms with van der Waals surface area (Å²) < 4.78 is 9.86. The third kappa shape index (κ3) is 5.20. The van der Waals surface area contributed by atoms with Gasteiger partial charge in [0, 0.05) is 12.2 Å². The van der Waals surface area contributed by atoms with Gasteiger partial charge >= 0.3 is 12.0 Å². The van der Waals surface area contributed by atoms with E-state index in [0.717, 1.165) is 10.5 Å². The van der Waals surface area contributed by atoms with Crippen LogP contribution in [0.5, 0.6) is 5.75 Å². The summed E-state index contributed by atoms with van der Waals surface area (Å²) in [7, 11) is 2.85. The molecule has 1 aliphatic rings. The third-order valence-electron chi connectivity index (χ3n) is 5.81. The number of anilines is 2. The minimum Gasteiger partial charge on any atom is -0.497 e. The number of hydrogen-bond donors (Lipinski definition) is 1. The first-order chi connectivity index (χ1) is 17.4. The summed E-state index contributed by atoms with van der Waals surface area (Å²) in [4.78, 5) is 53.7. The van der Waals surface area contributed by atoms with Crippen molar-refractivity contribution in [2.24, 2.45) is 0 Å². The van der Waals surface area contributed by atoms with Crippen LogP contribution >= 0.6 is 0 Å². The summed E-state index contributed by atoms with van der Waals surface area (Å²) in [5.41, 5.74) is 2.02. The van der Waals surface area contributed by atoms with Crippen LogP contribution in [-0.2, 0) is 20.9 Å². The summed E-state index contributed by atoms with van der Waals surface area (Å²) >= 11 is 0. The molecule has 4 amide bonds. The molecule has 184 valence electrons. The average Bonchev–Trinajstić information content (AvgIpc) is 3.13. The molecule has 1 N–H and O–H groups in total. The lowest BCUT2D eigenvalue weighted by molar-refractivity contribution is -0.124. The number of carbonyl (C=O) groups is 4. The molecule has 1 saturated heterocycles. The van der Waals surface area contributed by atoms with Crippen LogP contribution in [0, 0.1) is 0 Å². The highest BCUT2D eigenvalue weighted by molar-refractivity contribution is 6.22. The van der Waals surface area contributed by atoms with Gasteiger partial charge in [-0.05, 0) is 54.1 Å². The topological polar surface area (TPSA) is 105 Å². The Morgan fingerprint density at radius 3 is 2.17 bits per heavy atom. The quantitative estimate of drug-likeness (QED) is 0.382. The van der Waals surface area contributed by atoms with Crippen LogP contribution in [0.2, 0.25) is 0 Å². The number of carbonyl (C=O) groups excluding carboxylic acids is 4. The zero-order valence-corrected chi connectivity index (χ0v) is 19.8. The van der Waals surface area contributed by atoms with E-state index in [2.05, 4.69) is 10.1 Å². The highest BCUT2D eigenvalue weighted by Crippen LogP contribution is 2.29. The maximum Gasteiger partial charge on any atom is 0.337 e. The number of urea groups is 1. The molecule has 1 aliphatic heterocycles. The van der Waals surface area contributed by atoms with E-state index in [9.17, 15) is 19.2 Å². The molecule has 0 bridgehead atoms. The SMILES string of the molecule is COC(=O)c1ccc(NC(=O)C[C@H]2C(=O)N(c3ccccc3)C(=O)N2Cc2ccc(OC)cc2)cc1. The van der Waals surface area contributed by atoms with Gasteiger partial charge in [-0.15, -0.1) is 0 Å². The van der Waals surface area contributed by atoms with Crippen molar-refractivity contribution in [3.63, 3.8) is 0 Å². The number of esters is 1. The second kappa shape index (κ2) is 10.7. The molecule has 0 aromatic heterocycles. The molecule has 0 aliphatic carbocycles. The van der Waals surface area contributed by atoms with Gasteiger partial charge in [0.15, 0.2) is 0 Å². The van der Waals surface area contributed by atoms with E-state index in [1.165, 1.54) is 24.1 Å². The largest absolute Gasteiger partial charge is 0.497 e. The van der Waals surface area contributed by atoms with Gasteiger partial charge < -0.3 is 19.7 Å². The number of methoxy groups -OCH3 is 2. The Hall–Kier alpha value is -4.66. The predicted molar refractivity (Wildman–Crippen MR) is 133 cm³/mol. The highest BCUT2D eigenvalue weighted by atomic mass is 16.5. The lowest BCUT2D eigenvalue weighted by Crippen LogP contribution is -2.37. The number of ether oxygens (including phenoxy) is 2. The Balaban J connectivity index is 1.55. The second-order valence-electron chi connectivity index (χ2n) is 8.10. The maximum atomic E-state index is 13.4. The Morgan fingerprint density at radius 2 is 1.56 bits per heavy atom. The molecule has 3 aromatic rings. The van der Waals surface area contributed by atoms with E-state index < -0.39 is 29.9 Å². The minimum atomic E-state index is -0.992. The van der Waals surface area contributed by atoms with Gasteiger partial charge in [0.2, 0.25) is 5.91 Å². The van der Waals surface area contributed by atoms with Gasteiger partial charge in [-0.3, -0.25) is 9.59 Å². The summed E-state index contributed by atoms with van der Waals surface area (Å²) in [5, 5.41) is 2.73. The fourth-order valence-corrected chi connectivity index (χ4v) is 3.95. The molecule has 9 nitrogen and oxygen atoms in total. The minimum absolute atomic E-state index is 0.143. The fourth-order valence-electron chi connectivity index (χ4n) is 3.95. The van der Waals surface area contributed by atoms with Crippen LogP contribution in [0.3, 0.4) is 0 Å². The molecule has 1 fully saturated rings. The average molecular weight is 488 g/mol. The van der Waals surface area contributed by atoms with Crippen LogP contribution in [-0.4, -0.2) is 49.0 Å². The molecule has 3 aromatic carbocycles. The molecule has 9 heteroatoms. The Morgan fingerprint density at radius 1 is 0.889 bits per heavy atom. The highest BCUT2D eigenvalue weighted by Gasteiger charge is 2.46. The Kier molecular flexibility index (Phi) is 7.29. The number of imide groups is 1. The lowest BCUT2D eigenvalue weighted by Gasteiger charge is -2.22. The number of para-hydroxylation sites is 1. The summed E-state index contributed by atoms with van der Waals surface area (Å²) in [5.74, 6) is -0.738. The molecule has 36 heavy (non-hydrogen) atoms. The maximum absolute atomic E-state index is 13.4. The van der Waals surface area contributed by atoms with E-state index in [4.69, 9.17) is 4.74 Å². The first kappa shape index (κ1) is 24.5. The standard InChI is InChI=1S/C27H25N3O6/c1-35-22-14-8-18(9-15-22)17-29-23(25(32)30(27(29)34)21-6-4-3-5-7-21)16-24(31)28-20-12-10-19(11-13-20)26(33)36-2/h3-15,23H,16-17H2,1-2H3,(H,28,31)/t23-/m0/s1. The second-order valence-corrected chi connectivity index (χ2v) is 8.10. The number of nitrogens with one attached hydrogen (secondary N) is 1. The van der Waals surface area contributed by atoms with Crippen molar-refractivity contribution >= 4 is 35.2 Å². The van der Waals surface area contributed by atoms with Crippen molar-refractivity contribution in [2.45, 2.75) is 19.0 Å². The summed E-state index contributed by atoms with van der Waals surface area (Å²) in [6.45, 7) is 0.143. The lowest BCUT2D eigenvalue weighted by atomic mass is 10.1. The molecule has 0 unspecified atom stereocenters. The smallest absolute Gasteiger partial charge is 0.337 e. The summed E-state index contributed by atoms with van der Waals surface area (Å²) in [6, 6.07) is 20.5. The first-order valence-corrected chi connectivity index (χ1v) is 11.2. The van der Waals surface area contributed by atoms with Gasteiger partial charge in [0.05, 0.1) is 31.9 Å². The van der Waals surface area contributed by atoms with E-state index in [1.54, 1.807) is 61.7 Å². The van der Waals surface area contributed by atoms with Crippen molar-refractivity contribution in [1.29, 1.82) is 0 Å². The number of benzene rings is 3. The predicted octanol–water partition coefficient (Wildman–Crippen LogP) is 3.85. The van der Waals surface area contributed by atoms with Crippen molar-refractivity contribution in [2.75, 3.05) is 24.4 Å². The van der Waals surface area contributed by atoms with Crippen molar-refractivity contribution in [3.05, 3.63) is 90.0 Å². The Bertz CT molecular complexity index is 1260. The number of nitrogens with zero attached hydrogens (tertiary/aromatic N) is 2. The van der Waals surface area contributed by atoms with Crippen LogP contribution in [0.15, 0.2) is 78.9 Å². The molecule has 0 spiro atoms. The molecule has 1 atom stereocenters. The van der Waals surface area contributed by atoms with Crippen molar-refractivity contribution < 1.29 is 28.7 Å². The molecule has 0 radical (unpaired) electrons. The van der Waals surface area contributed by atoms with Crippen LogP contribution < -0.4 is 15.0 Å². The third-order valence-corrected chi connectivity index (χ3v) is 5.81. The van der Waals surface area contributed by atoms with Gasteiger partial charge in [-0.1, -0.05) is 30.3 Å². The molecule has 1 heterocycles. The summed E-state index contributed by atoms with van der Waals surface area (Å²) in [6.07, 6.45) is -0.233. The number of amides is 4. The zero-order valence-electron chi connectivity index (χ0n) is 19.8. The number of hydrogen-bond acceptors (Lipinski definition) is 6. The monoisotopic (exact) mass is 487 g/mol. The van der Waals surface area contributed by atoms with Crippen molar-refractivity contribution in [1.82, 2.24) is 4.90 Å². The fraction of sp³-hybridized carbons (Fsp3) is 0.185. The molecule has 0 saturated carbocycles. The van der Waals surface area contributed by atoms with E-state index in [1.807, 2.05) is 12.1 Å². The van der Waals surface area contributed by atoms with Crippen LogP contribution in [0.1, 0.15) is 22.3 Å². The van der Waals surface area contributed by atoms with Gasteiger partial charge in [0.25, 0.3) is 5.91 Å². The van der Waals surface area contributed by atoms with Crippen LogP contribution in [0.25, 0.3) is 0 Å². The number of rotatable bonds is 8. The van der Waals surface area contributed by atoms with Gasteiger partial charge in [0.1, 0.15) is 11.8 Å². The van der Waals surface area contributed by atoms with E-state index >= 15 is 0 Å². The van der Waals surface area contributed by atoms with Crippen molar-refractivity contribution in [3.8, 4) is 5.75 Å². The molecular formula is C27H25N3O6. The Labute approximate surface area is 208 Å². The zero-order chi connectivity index (χ0) is 25.7. The van der Waals surface area contributed by atoms with Gasteiger partial charge in [-0.2, -0.15) is 0 Å². The van der Waals surface area contributed by atoms with E-state index in [0.29, 0.717) is 22.7 Å². The first-order valence-electron chi connectivity index (χ1n) is 11.2.